The van der Waals surface area contributed by atoms with Crippen molar-refractivity contribution < 1.29 is 9.53 Å². The first-order chi connectivity index (χ1) is 12.6. The maximum absolute atomic E-state index is 13.0. The number of nitrogens with zero attached hydrogens (tertiary/aromatic N) is 5. The van der Waals surface area contributed by atoms with Gasteiger partial charge in [-0.3, -0.25) is 4.79 Å². The van der Waals surface area contributed by atoms with E-state index in [1.54, 1.807) is 6.20 Å². The number of carbonyl (C=O) groups is 1. The minimum atomic E-state index is -0.0377. The lowest BCUT2D eigenvalue weighted by Crippen LogP contribution is -2.38. The number of aryl methyl sites for hydroxylation is 2. The molecule has 138 valence electrons. The molecule has 1 amide bonds. The summed E-state index contributed by atoms with van der Waals surface area (Å²) in [6.45, 7) is 4.12. The highest BCUT2D eigenvalue weighted by Gasteiger charge is 2.36. The molecular weight excluding hydrogens is 330 g/mol. The smallest absolute Gasteiger partial charge is 0.226 e. The molecule has 0 spiro atoms. The number of likely N-dealkylation sites (tertiary alicyclic amines) is 1. The predicted molar refractivity (Wildman–Crippen MR) is 96.2 cm³/mol. The summed E-state index contributed by atoms with van der Waals surface area (Å²) in [6, 6.07) is 1.91. The largest absolute Gasteiger partial charge is 0.381 e. The van der Waals surface area contributed by atoms with E-state index in [0.717, 1.165) is 55.3 Å². The maximum atomic E-state index is 13.0. The monoisotopic (exact) mass is 355 g/mol. The van der Waals surface area contributed by atoms with E-state index in [-0.39, 0.29) is 17.9 Å². The molecule has 2 saturated heterocycles. The normalized spacial score (nSPS) is 21.3. The van der Waals surface area contributed by atoms with Crippen LogP contribution in [-0.4, -0.2) is 50.1 Å². The van der Waals surface area contributed by atoms with Gasteiger partial charge >= 0.3 is 0 Å². The molecule has 2 aliphatic heterocycles. The number of rotatable bonds is 3. The fourth-order valence-electron chi connectivity index (χ4n) is 3.95. The van der Waals surface area contributed by atoms with Crippen molar-refractivity contribution in [3.63, 3.8) is 0 Å². The Morgan fingerprint density at radius 1 is 1.23 bits per heavy atom. The molecule has 0 unspecified atom stereocenters. The van der Waals surface area contributed by atoms with Crippen LogP contribution >= 0.6 is 0 Å². The van der Waals surface area contributed by atoms with Gasteiger partial charge in [-0.15, -0.1) is 0 Å². The third kappa shape index (κ3) is 3.23. The molecule has 1 atom stereocenters. The zero-order valence-corrected chi connectivity index (χ0v) is 15.4. The summed E-state index contributed by atoms with van der Waals surface area (Å²) in [4.78, 5) is 28.9. The molecule has 2 fully saturated rings. The topological polar surface area (TPSA) is 73.1 Å². The van der Waals surface area contributed by atoms with Gasteiger partial charge in [0.2, 0.25) is 5.91 Å². The van der Waals surface area contributed by atoms with Crippen molar-refractivity contribution in [1.29, 1.82) is 0 Å². The van der Waals surface area contributed by atoms with Crippen molar-refractivity contribution in [2.24, 2.45) is 13.0 Å². The van der Waals surface area contributed by atoms with Crippen LogP contribution < -0.4 is 0 Å². The van der Waals surface area contributed by atoms with Crippen LogP contribution in [0.1, 0.15) is 43.2 Å². The first-order valence-electron chi connectivity index (χ1n) is 9.35. The summed E-state index contributed by atoms with van der Waals surface area (Å²) in [6.07, 6.45) is 7.21. The third-order valence-electron chi connectivity index (χ3n) is 5.33. The molecule has 4 rings (SSSR count). The van der Waals surface area contributed by atoms with Gasteiger partial charge in [0, 0.05) is 50.8 Å². The molecule has 4 heterocycles. The highest BCUT2D eigenvalue weighted by molar-refractivity contribution is 5.79. The molecule has 0 radical (unpaired) electrons. The average molecular weight is 355 g/mol. The zero-order valence-electron chi connectivity index (χ0n) is 15.4. The summed E-state index contributed by atoms with van der Waals surface area (Å²) in [7, 11) is 1.95. The van der Waals surface area contributed by atoms with E-state index in [4.69, 9.17) is 9.72 Å². The van der Waals surface area contributed by atoms with Crippen LogP contribution in [0.4, 0.5) is 0 Å². The van der Waals surface area contributed by atoms with E-state index in [0.29, 0.717) is 13.2 Å². The average Bonchev–Trinajstić information content (AvgIpc) is 3.30. The van der Waals surface area contributed by atoms with Gasteiger partial charge in [0.15, 0.2) is 11.6 Å². The van der Waals surface area contributed by atoms with Crippen molar-refractivity contribution in [2.45, 2.75) is 38.6 Å². The second kappa shape index (κ2) is 7.15. The Kier molecular flexibility index (Phi) is 4.72. The van der Waals surface area contributed by atoms with Gasteiger partial charge in [-0.25, -0.2) is 15.0 Å². The number of imidazole rings is 1. The van der Waals surface area contributed by atoms with E-state index < -0.39 is 0 Å². The van der Waals surface area contributed by atoms with Crippen LogP contribution in [0, 0.1) is 12.8 Å². The number of aromatic nitrogens is 4. The standard InChI is InChI=1S/C19H25N5O2/c1-13-12-15(18-20-7-9-23(18)2)22-17(21-13)16-4-3-8-24(16)19(25)14-5-10-26-11-6-14/h7,9,12,14,16H,3-6,8,10-11H2,1-2H3/t16-/m1/s1. The molecule has 2 aliphatic rings. The molecule has 26 heavy (non-hydrogen) atoms. The van der Waals surface area contributed by atoms with Crippen LogP contribution in [0.3, 0.4) is 0 Å². The Morgan fingerprint density at radius 2 is 2.04 bits per heavy atom. The van der Waals surface area contributed by atoms with E-state index in [2.05, 4.69) is 9.97 Å². The summed E-state index contributed by atoms with van der Waals surface area (Å²) in [5.74, 6) is 1.86. The van der Waals surface area contributed by atoms with E-state index in [1.165, 1.54) is 0 Å². The maximum Gasteiger partial charge on any atom is 0.226 e. The van der Waals surface area contributed by atoms with Crippen molar-refractivity contribution in [3.05, 3.63) is 30.0 Å². The first-order valence-corrected chi connectivity index (χ1v) is 9.35. The van der Waals surface area contributed by atoms with E-state index in [9.17, 15) is 4.79 Å². The Morgan fingerprint density at radius 3 is 2.77 bits per heavy atom. The Labute approximate surface area is 153 Å². The lowest BCUT2D eigenvalue weighted by Gasteiger charge is -2.30. The molecule has 2 aromatic rings. The van der Waals surface area contributed by atoms with Gasteiger partial charge in [-0.2, -0.15) is 0 Å². The molecule has 7 heteroatoms. The molecule has 7 nitrogen and oxygen atoms in total. The lowest BCUT2D eigenvalue weighted by molar-refractivity contribution is -0.139. The van der Waals surface area contributed by atoms with Crippen LogP contribution in [-0.2, 0) is 16.6 Å². The number of hydrogen-bond acceptors (Lipinski definition) is 5. The number of ether oxygens (including phenoxy) is 1. The van der Waals surface area contributed by atoms with Crippen molar-refractivity contribution >= 4 is 5.91 Å². The van der Waals surface area contributed by atoms with Gasteiger partial charge in [0.1, 0.15) is 5.69 Å². The fourth-order valence-corrected chi connectivity index (χ4v) is 3.95. The molecule has 0 saturated carbocycles. The number of amides is 1. The van der Waals surface area contributed by atoms with Crippen LogP contribution in [0.2, 0.25) is 0 Å². The molecule has 0 aromatic carbocycles. The van der Waals surface area contributed by atoms with Crippen LogP contribution in [0.5, 0.6) is 0 Å². The Hall–Kier alpha value is -2.28. The molecule has 0 N–H and O–H groups in total. The highest BCUT2D eigenvalue weighted by Crippen LogP contribution is 2.33. The quantitative estimate of drug-likeness (QED) is 0.844. The van der Waals surface area contributed by atoms with E-state index >= 15 is 0 Å². The summed E-state index contributed by atoms with van der Waals surface area (Å²) >= 11 is 0. The second-order valence-electron chi connectivity index (χ2n) is 7.19. The van der Waals surface area contributed by atoms with Gasteiger partial charge in [-0.1, -0.05) is 0 Å². The summed E-state index contributed by atoms with van der Waals surface area (Å²) in [5.41, 5.74) is 1.71. The number of carbonyl (C=O) groups excluding carboxylic acids is 1. The predicted octanol–water partition coefficient (Wildman–Crippen LogP) is 2.28. The lowest BCUT2D eigenvalue weighted by atomic mass is 9.98. The second-order valence-corrected chi connectivity index (χ2v) is 7.19. The minimum Gasteiger partial charge on any atom is -0.381 e. The molecule has 0 aliphatic carbocycles. The third-order valence-corrected chi connectivity index (χ3v) is 5.33. The van der Waals surface area contributed by atoms with Gasteiger partial charge in [0.05, 0.1) is 6.04 Å². The summed E-state index contributed by atoms with van der Waals surface area (Å²) in [5, 5.41) is 0. The van der Waals surface area contributed by atoms with Crippen molar-refractivity contribution in [1.82, 2.24) is 24.4 Å². The van der Waals surface area contributed by atoms with Gasteiger partial charge < -0.3 is 14.2 Å². The van der Waals surface area contributed by atoms with Crippen LogP contribution in [0.15, 0.2) is 18.5 Å². The van der Waals surface area contributed by atoms with Crippen molar-refractivity contribution in [2.75, 3.05) is 19.8 Å². The molecule has 0 bridgehead atoms. The SMILES string of the molecule is Cc1cc(-c2nccn2C)nc([C@H]2CCCN2C(=O)C2CCOCC2)n1. The van der Waals surface area contributed by atoms with Gasteiger partial charge in [0.25, 0.3) is 0 Å². The highest BCUT2D eigenvalue weighted by atomic mass is 16.5. The zero-order chi connectivity index (χ0) is 18.1. The Bertz CT molecular complexity index is 797. The summed E-state index contributed by atoms with van der Waals surface area (Å²) < 4.78 is 7.35. The fraction of sp³-hybridized carbons (Fsp3) is 0.579. The van der Waals surface area contributed by atoms with Crippen molar-refractivity contribution in [3.8, 4) is 11.5 Å². The number of hydrogen-bond donors (Lipinski definition) is 0. The molecular formula is C19H25N5O2. The van der Waals surface area contributed by atoms with Crippen LogP contribution in [0.25, 0.3) is 11.5 Å². The Balaban J connectivity index is 1.62. The first kappa shape index (κ1) is 17.1. The van der Waals surface area contributed by atoms with E-state index in [1.807, 2.05) is 35.7 Å². The minimum absolute atomic E-state index is 0.0377. The van der Waals surface area contributed by atoms with Gasteiger partial charge in [-0.05, 0) is 38.7 Å². The molecule has 2 aromatic heterocycles.